The fourth-order valence-corrected chi connectivity index (χ4v) is 3.20. The average Bonchev–Trinajstić information content (AvgIpc) is 2.93. The van der Waals surface area contributed by atoms with Crippen LogP contribution in [0.2, 0.25) is 0 Å². The van der Waals surface area contributed by atoms with Crippen LogP contribution in [0.3, 0.4) is 0 Å². The minimum atomic E-state index is 1.22. The molecule has 0 saturated carbocycles. The van der Waals surface area contributed by atoms with Gasteiger partial charge in [0.25, 0.3) is 0 Å². The normalized spacial score (nSPS) is 13.1. The molecule has 0 saturated heterocycles. The lowest BCUT2D eigenvalue weighted by Gasteiger charge is -1.99. The van der Waals surface area contributed by atoms with Crippen LogP contribution in [0.4, 0.5) is 0 Å². The Balaban J connectivity index is 2.71. The van der Waals surface area contributed by atoms with E-state index < -0.39 is 0 Å². The van der Waals surface area contributed by atoms with Crippen LogP contribution in [-0.2, 0) is 0 Å². The zero-order valence-electron chi connectivity index (χ0n) is 12.3. The van der Waals surface area contributed by atoms with E-state index in [1.165, 1.54) is 38.5 Å². The number of hydrogen-bond acceptors (Lipinski definition) is 0. The molecule has 0 radical (unpaired) electrons. The van der Waals surface area contributed by atoms with Crippen LogP contribution in [0, 0.1) is 6.92 Å². The van der Waals surface area contributed by atoms with Crippen LogP contribution in [0.1, 0.15) is 30.7 Å². The number of aryl methyl sites for hydroxylation is 1. The van der Waals surface area contributed by atoms with Crippen molar-refractivity contribution in [2.24, 2.45) is 0 Å². The summed E-state index contributed by atoms with van der Waals surface area (Å²) in [5.41, 5.74) is 6.32. The number of aromatic nitrogens is 1. The van der Waals surface area contributed by atoms with Gasteiger partial charge in [0.15, 0.2) is 0 Å². The Morgan fingerprint density at radius 2 is 1.90 bits per heavy atom. The molecule has 0 amide bonds. The molecule has 100 valence electrons. The molecule has 3 aromatic rings. The largest absolute Gasteiger partial charge is 0.308 e. The lowest BCUT2D eigenvalue weighted by atomic mass is 10.1. The Morgan fingerprint density at radius 1 is 1.15 bits per heavy atom. The summed E-state index contributed by atoms with van der Waals surface area (Å²) in [7, 11) is 0. The number of allylic oxidation sites excluding steroid dienone is 1. The zero-order valence-corrected chi connectivity index (χ0v) is 12.3. The molecule has 0 spiro atoms. The molecule has 2 aromatic heterocycles. The van der Waals surface area contributed by atoms with E-state index in [0.29, 0.717) is 0 Å². The topological polar surface area (TPSA) is 4.41 Å². The summed E-state index contributed by atoms with van der Waals surface area (Å²) in [4.78, 5) is 0. The first kappa shape index (κ1) is 12.7. The van der Waals surface area contributed by atoms with E-state index >= 15 is 0 Å². The van der Waals surface area contributed by atoms with Gasteiger partial charge in [-0.25, -0.2) is 0 Å². The molecule has 0 fully saturated rings. The number of fused-ring (bicyclic) bond motifs is 3. The van der Waals surface area contributed by atoms with E-state index in [4.69, 9.17) is 0 Å². The number of benzene rings is 1. The third-order valence-electron chi connectivity index (χ3n) is 4.01. The smallest absolute Gasteiger partial charge is 0.0573 e. The van der Waals surface area contributed by atoms with Crippen LogP contribution in [0.5, 0.6) is 0 Å². The van der Waals surface area contributed by atoms with Crippen LogP contribution in [0.25, 0.3) is 34.6 Å². The highest BCUT2D eigenvalue weighted by Crippen LogP contribution is 2.28. The maximum Gasteiger partial charge on any atom is 0.0573 e. The van der Waals surface area contributed by atoms with Crippen molar-refractivity contribution in [2.75, 3.05) is 0 Å². The van der Waals surface area contributed by atoms with E-state index in [9.17, 15) is 0 Å². The summed E-state index contributed by atoms with van der Waals surface area (Å²) >= 11 is 0. The second kappa shape index (κ2) is 4.68. The van der Waals surface area contributed by atoms with Crippen LogP contribution >= 0.6 is 0 Å². The van der Waals surface area contributed by atoms with Crippen molar-refractivity contribution in [3.63, 3.8) is 0 Å². The number of rotatable bonds is 2. The fourth-order valence-electron chi connectivity index (χ4n) is 3.20. The van der Waals surface area contributed by atoms with E-state index in [1.54, 1.807) is 0 Å². The predicted molar refractivity (Wildman–Crippen MR) is 89.8 cm³/mol. The van der Waals surface area contributed by atoms with Gasteiger partial charge in [-0.1, -0.05) is 43.0 Å². The molecule has 20 heavy (non-hydrogen) atoms. The quantitative estimate of drug-likeness (QED) is 0.635. The number of nitrogens with zero attached hydrogens (tertiary/aromatic N) is 1. The Morgan fingerprint density at radius 3 is 2.55 bits per heavy atom. The maximum absolute atomic E-state index is 3.99. The summed E-state index contributed by atoms with van der Waals surface area (Å²) < 4.78 is 2.36. The molecule has 0 aliphatic rings. The van der Waals surface area contributed by atoms with Gasteiger partial charge in [-0.05, 0) is 38.5 Å². The first-order chi connectivity index (χ1) is 9.74. The van der Waals surface area contributed by atoms with Crippen molar-refractivity contribution in [1.29, 1.82) is 0 Å². The fraction of sp³-hybridized carbons (Fsp3) is 0.158. The summed E-state index contributed by atoms with van der Waals surface area (Å²) in [6.45, 7) is 10.3. The molecule has 3 rings (SSSR count). The molecular formula is C19H19N. The summed E-state index contributed by atoms with van der Waals surface area (Å²) in [5, 5.41) is 2.63. The molecule has 2 heterocycles. The molecule has 1 nitrogen and oxygen atoms in total. The predicted octanol–water partition coefficient (Wildman–Crippen LogP) is 4.60. The van der Waals surface area contributed by atoms with Crippen molar-refractivity contribution < 1.29 is 0 Å². The molecule has 0 atom stereocenters. The van der Waals surface area contributed by atoms with E-state index in [0.717, 1.165) is 0 Å². The summed E-state index contributed by atoms with van der Waals surface area (Å²) in [5.74, 6) is 0. The van der Waals surface area contributed by atoms with Crippen molar-refractivity contribution in [1.82, 2.24) is 4.40 Å². The Hall–Kier alpha value is -2.28. The van der Waals surface area contributed by atoms with Crippen molar-refractivity contribution in [2.45, 2.75) is 20.8 Å². The molecule has 1 heteroatoms. The van der Waals surface area contributed by atoms with E-state index in [2.05, 4.69) is 74.2 Å². The summed E-state index contributed by atoms with van der Waals surface area (Å²) in [6.07, 6.45) is 8.43. The number of hydrogen-bond donors (Lipinski definition) is 0. The van der Waals surface area contributed by atoms with Gasteiger partial charge in [-0.15, -0.1) is 0 Å². The minimum absolute atomic E-state index is 1.22. The molecule has 0 aliphatic heterocycles. The van der Waals surface area contributed by atoms with Gasteiger partial charge in [-0.3, -0.25) is 0 Å². The van der Waals surface area contributed by atoms with Gasteiger partial charge in [0, 0.05) is 16.2 Å². The zero-order chi connectivity index (χ0) is 14.3. The highest BCUT2D eigenvalue weighted by Gasteiger charge is 2.16. The standard InChI is InChI=1S/C19H19N/c1-5-10-17-14(6-2)13(4)19-15(7-3)16-11-8-9-12-18(16)20(17)19/h5-12H,2H2,1,3-4H3/b10-5-,15-7-. The van der Waals surface area contributed by atoms with Gasteiger partial charge in [0.1, 0.15) is 0 Å². The van der Waals surface area contributed by atoms with Crippen molar-refractivity contribution >= 4 is 34.6 Å². The third kappa shape index (κ3) is 1.50. The molecular weight excluding hydrogens is 242 g/mol. The molecule has 0 unspecified atom stereocenters. The second-order valence-corrected chi connectivity index (χ2v) is 5.03. The average molecular weight is 261 g/mol. The van der Waals surface area contributed by atoms with E-state index in [1.807, 2.05) is 6.08 Å². The molecule has 1 aromatic carbocycles. The first-order valence-electron chi connectivity index (χ1n) is 7.01. The Labute approximate surface area is 119 Å². The first-order valence-corrected chi connectivity index (χ1v) is 7.01. The molecule has 0 N–H and O–H groups in total. The molecule has 0 bridgehead atoms. The maximum atomic E-state index is 3.99. The van der Waals surface area contributed by atoms with Crippen molar-refractivity contribution in [3.8, 4) is 0 Å². The summed E-state index contributed by atoms with van der Waals surface area (Å²) in [6, 6.07) is 8.59. The van der Waals surface area contributed by atoms with Crippen LogP contribution in [0.15, 0.2) is 36.9 Å². The Bertz CT molecular complexity index is 891. The van der Waals surface area contributed by atoms with Gasteiger partial charge in [0.2, 0.25) is 0 Å². The van der Waals surface area contributed by atoms with Gasteiger partial charge >= 0.3 is 0 Å². The highest BCUT2D eigenvalue weighted by atomic mass is 14.9. The SMILES string of the molecule is C=Cc1c(C)c2/c(=C\C)c3ccccc3n2c1/C=C\C. The van der Waals surface area contributed by atoms with Gasteiger partial charge in [-0.2, -0.15) is 0 Å². The second-order valence-electron chi connectivity index (χ2n) is 5.03. The third-order valence-corrected chi connectivity index (χ3v) is 4.01. The monoisotopic (exact) mass is 261 g/mol. The van der Waals surface area contributed by atoms with Crippen LogP contribution < -0.4 is 5.22 Å². The Kier molecular flexibility index (Phi) is 2.98. The highest BCUT2D eigenvalue weighted by molar-refractivity contribution is 5.94. The lowest BCUT2D eigenvalue weighted by molar-refractivity contribution is 1.26. The van der Waals surface area contributed by atoms with Gasteiger partial charge < -0.3 is 4.40 Å². The van der Waals surface area contributed by atoms with Crippen molar-refractivity contribution in [3.05, 3.63) is 59.0 Å². The lowest BCUT2D eigenvalue weighted by Crippen LogP contribution is -1.97. The minimum Gasteiger partial charge on any atom is -0.308 e. The van der Waals surface area contributed by atoms with E-state index in [-0.39, 0.29) is 0 Å². The van der Waals surface area contributed by atoms with Crippen LogP contribution in [-0.4, -0.2) is 4.40 Å². The number of para-hydroxylation sites is 1. The van der Waals surface area contributed by atoms with Gasteiger partial charge in [0.05, 0.1) is 16.7 Å². The molecule has 0 aliphatic carbocycles.